The van der Waals surface area contributed by atoms with Gasteiger partial charge < -0.3 is 15.3 Å². The molecule has 0 unspecified atom stereocenters. The van der Waals surface area contributed by atoms with Crippen LogP contribution in [0.2, 0.25) is 0 Å². The first-order chi connectivity index (χ1) is 9.10. The van der Waals surface area contributed by atoms with Gasteiger partial charge in [0.1, 0.15) is 11.3 Å². The Morgan fingerprint density at radius 1 is 1.32 bits per heavy atom. The third-order valence-electron chi connectivity index (χ3n) is 2.37. The standard InChI is InChI=1S/C14H15NO4/c1-2-19-14(18)11(9-15)13(17)8-12(16)10-6-4-3-5-7-10/h3-7,9,15,17H,2,8H2,1H3/b13-11+,15-9?. The van der Waals surface area contributed by atoms with Crippen molar-refractivity contribution in [3.05, 3.63) is 47.2 Å². The number of carbonyl (C=O) groups is 2. The van der Waals surface area contributed by atoms with Gasteiger partial charge in [0.15, 0.2) is 5.78 Å². The molecule has 0 aromatic heterocycles. The van der Waals surface area contributed by atoms with E-state index in [1.165, 1.54) is 0 Å². The van der Waals surface area contributed by atoms with E-state index in [1.807, 2.05) is 0 Å². The van der Waals surface area contributed by atoms with Gasteiger partial charge in [-0.1, -0.05) is 30.3 Å². The molecule has 0 heterocycles. The van der Waals surface area contributed by atoms with Crippen LogP contribution < -0.4 is 0 Å². The molecule has 0 saturated heterocycles. The summed E-state index contributed by atoms with van der Waals surface area (Å²) in [6.45, 7) is 1.75. The van der Waals surface area contributed by atoms with Crippen LogP contribution in [0.3, 0.4) is 0 Å². The summed E-state index contributed by atoms with van der Waals surface area (Å²) in [6, 6.07) is 8.41. The van der Waals surface area contributed by atoms with Crippen LogP contribution in [0.4, 0.5) is 0 Å². The fourth-order valence-electron chi connectivity index (χ4n) is 1.44. The lowest BCUT2D eigenvalue weighted by Crippen LogP contribution is -2.13. The number of allylic oxidation sites excluding steroid dienone is 1. The van der Waals surface area contributed by atoms with Crippen molar-refractivity contribution in [1.29, 1.82) is 5.41 Å². The van der Waals surface area contributed by atoms with Crippen LogP contribution >= 0.6 is 0 Å². The van der Waals surface area contributed by atoms with Gasteiger partial charge in [0.25, 0.3) is 0 Å². The molecule has 0 radical (unpaired) electrons. The molecule has 1 aromatic rings. The molecular weight excluding hydrogens is 246 g/mol. The van der Waals surface area contributed by atoms with Crippen LogP contribution in [0, 0.1) is 5.41 Å². The van der Waals surface area contributed by atoms with Crippen LogP contribution in [0.1, 0.15) is 23.7 Å². The molecule has 0 amide bonds. The minimum atomic E-state index is -0.809. The topological polar surface area (TPSA) is 87.5 Å². The van der Waals surface area contributed by atoms with E-state index in [9.17, 15) is 14.7 Å². The summed E-state index contributed by atoms with van der Waals surface area (Å²) < 4.78 is 4.68. The van der Waals surface area contributed by atoms with E-state index in [4.69, 9.17) is 5.41 Å². The van der Waals surface area contributed by atoms with Crippen molar-refractivity contribution in [2.24, 2.45) is 0 Å². The maximum atomic E-state index is 11.8. The number of ether oxygens (including phenoxy) is 1. The maximum Gasteiger partial charge on any atom is 0.343 e. The monoisotopic (exact) mass is 261 g/mol. The molecule has 0 bridgehead atoms. The number of esters is 1. The number of rotatable bonds is 6. The average molecular weight is 261 g/mol. The highest BCUT2D eigenvalue weighted by molar-refractivity contribution is 6.10. The number of hydrogen-bond donors (Lipinski definition) is 2. The molecule has 0 saturated carbocycles. The summed E-state index contributed by atoms with van der Waals surface area (Å²) in [5, 5.41) is 16.8. The lowest BCUT2D eigenvalue weighted by Gasteiger charge is -2.05. The molecule has 5 heteroatoms. The number of Topliss-reactive ketones (excluding diaryl/α,β-unsaturated/α-hetero) is 1. The molecule has 0 aliphatic rings. The largest absolute Gasteiger partial charge is 0.511 e. The van der Waals surface area contributed by atoms with Crippen molar-refractivity contribution < 1.29 is 19.4 Å². The molecule has 1 rings (SSSR count). The van der Waals surface area contributed by atoms with E-state index in [-0.39, 0.29) is 24.4 Å². The fraction of sp³-hybridized carbons (Fsp3) is 0.214. The van der Waals surface area contributed by atoms with Gasteiger partial charge in [0.05, 0.1) is 13.0 Å². The first-order valence-electron chi connectivity index (χ1n) is 5.78. The number of ketones is 1. The van der Waals surface area contributed by atoms with Crippen LogP contribution in [0.5, 0.6) is 0 Å². The molecule has 0 fully saturated rings. The van der Waals surface area contributed by atoms with E-state index in [0.717, 1.165) is 0 Å². The minimum absolute atomic E-state index is 0.135. The Morgan fingerprint density at radius 3 is 2.47 bits per heavy atom. The predicted molar refractivity (Wildman–Crippen MR) is 70.5 cm³/mol. The number of benzene rings is 1. The number of carbonyl (C=O) groups excluding carboxylic acids is 2. The first kappa shape index (κ1) is 14.6. The van der Waals surface area contributed by atoms with Gasteiger partial charge in [-0.05, 0) is 6.92 Å². The predicted octanol–water partition coefficient (Wildman–Crippen LogP) is 2.28. The Morgan fingerprint density at radius 2 is 1.95 bits per heavy atom. The molecular formula is C14H15NO4. The molecule has 2 N–H and O–H groups in total. The summed E-state index contributed by atoms with van der Waals surface area (Å²) in [7, 11) is 0. The van der Waals surface area contributed by atoms with E-state index < -0.39 is 11.7 Å². The van der Waals surface area contributed by atoms with Crippen molar-refractivity contribution in [1.82, 2.24) is 0 Å². The van der Waals surface area contributed by atoms with Gasteiger partial charge >= 0.3 is 5.97 Å². The average Bonchev–Trinajstić information content (AvgIpc) is 2.40. The van der Waals surface area contributed by atoms with Gasteiger partial charge in [-0.15, -0.1) is 0 Å². The van der Waals surface area contributed by atoms with Crippen LogP contribution in [-0.4, -0.2) is 29.7 Å². The number of aliphatic hydroxyl groups is 1. The number of hydrogen-bond acceptors (Lipinski definition) is 5. The highest BCUT2D eigenvalue weighted by atomic mass is 16.5. The lowest BCUT2D eigenvalue weighted by atomic mass is 10.1. The second-order valence-corrected chi connectivity index (χ2v) is 3.69. The van der Waals surface area contributed by atoms with Crippen molar-refractivity contribution in [2.45, 2.75) is 13.3 Å². The number of aliphatic hydroxyl groups excluding tert-OH is 1. The molecule has 0 atom stereocenters. The van der Waals surface area contributed by atoms with E-state index >= 15 is 0 Å². The van der Waals surface area contributed by atoms with E-state index in [0.29, 0.717) is 11.8 Å². The van der Waals surface area contributed by atoms with E-state index in [1.54, 1.807) is 37.3 Å². The second kappa shape index (κ2) is 7.10. The smallest absolute Gasteiger partial charge is 0.343 e. The van der Waals surface area contributed by atoms with Crippen LogP contribution in [0.25, 0.3) is 0 Å². The zero-order valence-electron chi connectivity index (χ0n) is 10.6. The van der Waals surface area contributed by atoms with Gasteiger partial charge in [-0.25, -0.2) is 4.79 Å². The van der Waals surface area contributed by atoms with Crippen LogP contribution in [-0.2, 0) is 9.53 Å². The highest BCUT2D eigenvalue weighted by Crippen LogP contribution is 2.11. The lowest BCUT2D eigenvalue weighted by molar-refractivity contribution is -0.138. The van der Waals surface area contributed by atoms with Gasteiger partial charge in [0, 0.05) is 11.8 Å². The Bertz CT molecular complexity index is 505. The Labute approximate surface area is 111 Å². The summed E-state index contributed by atoms with van der Waals surface area (Å²) in [4.78, 5) is 23.3. The highest BCUT2D eigenvalue weighted by Gasteiger charge is 2.17. The normalized spacial score (nSPS) is 11.4. The summed E-state index contributed by atoms with van der Waals surface area (Å²) in [5.41, 5.74) is 0.133. The fourth-order valence-corrected chi connectivity index (χ4v) is 1.44. The molecule has 0 spiro atoms. The second-order valence-electron chi connectivity index (χ2n) is 3.69. The van der Waals surface area contributed by atoms with Crippen molar-refractivity contribution in [3.63, 3.8) is 0 Å². The minimum Gasteiger partial charge on any atom is -0.511 e. The summed E-state index contributed by atoms with van der Waals surface area (Å²) in [6.07, 6.45) is 0.346. The SMILES string of the molecule is CCOC(=O)/C(C=N)=C(/O)CC(=O)c1ccccc1. The Kier molecular flexibility index (Phi) is 5.47. The van der Waals surface area contributed by atoms with Gasteiger partial charge in [-0.3, -0.25) is 4.79 Å². The molecule has 0 aliphatic heterocycles. The maximum absolute atomic E-state index is 11.8. The zero-order chi connectivity index (χ0) is 14.3. The Balaban J connectivity index is 2.87. The van der Waals surface area contributed by atoms with Crippen molar-refractivity contribution >= 4 is 18.0 Å². The van der Waals surface area contributed by atoms with Gasteiger partial charge in [0.2, 0.25) is 0 Å². The van der Waals surface area contributed by atoms with Gasteiger partial charge in [-0.2, -0.15) is 0 Å². The number of nitrogens with one attached hydrogen (secondary N) is 1. The molecule has 1 aromatic carbocycles. The molecule has 19 heavy (non-hydrogen) atoms. The van der Waals surface area contributed by atoms with Crippen molar-refractivity contribution in [2.75, 3.05) is 6.61 Å². The molecule has 0 aliphatic carbocycles. The summed E-state index contributed by atoms with van der Waals surface area (Å²) in [5.74, 6) is -1.60. The quantitative estimate of drug-likeness (QED) is 0.270. The Hall–Kier alpha value is -2.43. The van der Waals surface area contributed by atoms with Crippen molar-refractivity contribution in [3.8, 4) is 0 Å². The first-order valence-corrected chi connectivity index (χ1v) is 5.78. The van der Waals surface area contributed by atoms with E-state index in [2.05, 4.69) is 4.74 Å². The molecule has 100 valence electrons. The summed E-state index contributed by atoms with van der Waals surface area (Å²) >= 11 is 0. The third-order valence-corrected chi connectivity index (χ3v) is 2.37. The third kappa shape index (κ3) is 4.06. The van der Waals surface area contributed by atoms with Crippen LogP contribution in [0.15, 0.2) is 41.7 Å². The zero-order valence-corrected chi connectivity index (χ0v) is 10.6. The molecule has 5 nitrogen and oxygen atoms in total.